The highest BCUT2D eigenvalue weighted by molar-refractivity contribution is 5.71. The van der Waals surface area contributed by atoms with Gasteiger partial charge in [0.05, 0.1) is 0 Å². The molecule has 0 radical (unpaired) electrons. The van der Waals surface area contributed by atoms with Gasteiger partial charge in [-0.3, -0.25) is 14.4 Å². The van der Waals surface area contributed by atoms with E-state index < -0.39 is 6.10 Å². The molecule has 0 fully saturated rings. The van der Waals surface area contributed by atoms with Gasteiger partial charge in [0, 0.05) is 19.3 Å². The fraction of sp³-hybridized carbons (Fsp3) is 0.807. The highest BCUT2D eigenvalue weighted by Gasteiger charge is 2.19. The Hall–Kier alpha value is -2.63. The van der Waals surface area contributed by atoms with E-state index in [9.17, 15) is 14.4 Å². The number of carbonyl (C=O) groups excluding carboxylic acids is 3. The molecule has 0 aromatic rings. The van der Waals surface area contributed by atoms with Crippen LogP contribution in [-0.4, -0.2) is 37.2 Å². The van der Waals surface area contributed by atoms with Crippen LogP contribution in [0.1, 0.15) is 278 Å². The lowest BCUT2D eigenvalue weighted by Gasteiger charge is -2.18. The molecule has 0 aromatic heterocycles. The Morgan fingerprint density at radius 1 is 0.349 bits per heavy atom. The van der Waals surface area contributed by atoms with Gasteiger partial charge in [0.1, 0.15) is 13.2 Å². The summed E-state index contributed by atoms with van der Waals surface area (Å²) in [6.45, 7) is 6.48. The van der Waals surface area contributed by atoms with Gasteiger partial charge in [-0.1, -0.05) is 236 Å². The Bertz CT molecular complexity index is 1110. The van der Waals surface area contributed by atoms with E-state index in [1.165, 1.54) is 167 Å². The Labute approximate surface area is 390 Å². The van der Waals surface area contributed by atoms with Crippen molar-refractivity contribution >= 4 is 17.9 Å². The molecule has 0 rings (SSSR count). The van der Waals surface area contributed by atoms with Gasteiger partial charge in [0.25, 0.3) is 0 Å². The molecule has 366 valence electrons. The standard InChI is InChI=1S/C57H102O6/c1-4-7-10-13-16-19-21-23-25-27-28-30-31-33-35-38-41-44-47-50-56(59)62-53-54(52-61-55(58)49-46-43-40-37-18-15-12-9-6-3)63-57(60)51-48-45-42-39-36-34-32-29-26-24-22-20-17-14-11-8-5-2/h9,12,16,18-19,21,23,37,54H,4-8,10-11,13-15,17,20,22,24-36,38-53H2,1-3H3/b12-9-,19-16-,23-21-,37-18-. The lowest BCUT2D eigenvalue weighted by molar-refractivity contribution is -0.167. The molecule has 0 spiro atoms. The minimum absolute atomic E-state index is 0.0827. The van der Waals surface area contributed by atoms with Crippen LogP contribution in [0, 0.1) is 0 Å². The second-order valence-electron chi connectivity index (χ2n) is 18.1. The van der Waals surface area contributed by atoms with Gasteiger partial charge < -0.3 is 14.2 Å². The maximum Gasteiger partial charge on any atom is 0.306 e. The fourth-order valence-electron chi connectivity index (χ4n) is 7.77. The fourth-order valence-corrected chi connectivity index (χ4v) is 7.77. The highest BCUT2D eigenvalue weighted by atomic mass is 16.6. The Morgan fingerprint density at radius 2 is 0.667 bits per heavy atom. The first kappa shape index (κ1) is 60.4. The van der Waals surface area contributed by atoms with Crippen LogP contribution >= 0.6 is 0 Å². The zero-order chi connectivity index (χ0) is 45.8. The van der Waals surface area contributed by atoms with Crippen LogP contribution in [0.2, 0.25) is 0 Å². The molecule has 0 aromatic carbocycles. The minimum atomic E-state index is -0.783. The van der Waals surface area contributed by atoms with Crippen molar-refractivity contribution in [2.45, 2.75) is 284 Å². The third-order valence-electron chi connectivity index (χ3n) is 11.8. The zero-order valence-corrected chi connectivity index (χ0v) is 41.8. The summed E-state index contributed by atoms with van der Waals surface area (Å²) in [5, 5.41) is 0. The predicted octanol–water partition coefficient (Wildman–Crippen LogP) is 17.9. The number of ether oxygens (including phenoxy) is 3. The third kappa shape index (κ3) is 50.2. The van der Waals surface area contributed by atoms with Crippen molar-refractivity contribution < 1.29 is 28.6 Å². The zero-order valence-electron chi connectivity index (χ0n) is 41.8. The molecule has 0 aliphatic heterocycles. The van der Waals surface area contributed by atoms with Crippen LogP contribution in [0.15, 0.2) is 48.6 Å². The molecule has 6 heteroatoms. The number of carbonyl (C=O) groups is 3. The summed E-state index contributed by atoms with van der Waals surface area (Å²) in [7, 11) is 0. The molecule has 1 atom stereocenters. The minimum Gasteiger partial charge on any atom is -0.462 e. The summed E-state index contributed by atoms with van der Waals surface area (Å²) >= 11 is 0. The predicted molar refractivity (Wildman–Crippen MR) is 270 cm³/mol. The van der Waals surface area contributed by atoms with Crippen LogP contribution in [0.25, 0.3) is 0 Å². The Kier molecular flexibility index (Phi) is 49.8. The van der Waals surface area contributed by atoms with Gasteiger partial charge in [-0.15, -0.1) is 0 Å². The summed E-state index contributed by atoms with van der Waals surface area (Å²) in [5.74, 6) is -0.913. The van der Waals surface area contributed by atoms with Crippen molar-refractivity contribution in [2.24, 2.45) is 0 Å². The Balaban J connectivity index is 4.28. The average Bonchev–Trinajstić information content (AvgIpc) is 3.28. The van der Waals surface area contributed by atoms with E-state index in [-0.39, 0.29) is 31.1 Å². The van der Waals surface area contributed by atoms with E-state index in [2.05, 4.69) is 69.4 Å². The Morgan fingerprint density at radius 3 is 1.11 bits per heavy atom. The molecule has 0 aliphatic rings. The van der Waals surface area contributed by atoms with E-state index in [1.807, 2.05) is 0 Å². The molecule has 0 N–H and O–H groups in total. The van der Waals surface area contributed by atoms with E-state index >= 15 is 0 Å². The van der Waals surface area contributed by atoms with Crippen LogP contribution < -0.4 is 0 Å². The van der Waals surface area contributed by atoms with Crippen LogP contribution in [0.3, 0.4) is 0 Å². The van der Waals surface area contributed by atoms with Crippen LogP contribution in [0.5, 0.6) is 0 Å². The molecular weight excluding hydrogens is 781 g/mol. The van der Waals surface area contributed by atoms with Crippen LogP contribution in [0.4, 0.5) is 0 Å². The van der Waals surface area contributed by atoms with Gasteiger partial charge >= 0.3 is 17.9 Å². The summed E-state index contributed by atoms with van der Waals surface area (Å²) in [4.78, 5) is 37.9. The molecule has 6 nitrogen and oxygen atoms in total. The lowest BCUT2D eigenvalue weighted by Crippen LogP contribution is -2.30. The molecule has 0 saturated carbocycles. The van der Waals surface area contributed by atoms with Gasteiger partial charge in [0.15, 0.2) is 6.10 Å². The number of hydrogen-bond donors (Lipinski definition) is 0. The summed E-state index contributed by atoms with van der Waals surface area (Å²) in [6.07, 6.45) is 62.6. The van der Waals surface area contributed by atoms with Gasteiger partial charge in [-0.05, 0) is 70.6 Å². The topological polar surface area (TPSA) is 78.9 Å². The normalized spacial score (nSPS) is 12.4. The van der Waals surface area contributed by atoms with Crippen molar-refractivity contribution in [3.63, 3.8) is 0 Å². The molecule has 0 saturated heterocycles. The smallest absolute Gasteiger partial charge is 0.306 e. The molecule has 0 heterocycles. The first-order valence-electron chi connectivity index (χ1n) is 27.2. The van der Waals surface area contributed by atoms with Crippen molar-refractivity contribution in [3.05, 3.63) is 48.6 Å². The van der Waals surface area contributed by atoms with Crippen molar-refractivity contribution in [1.82, 2.24) is 0 Å². The number of allylic oxidation sites excluding steroid dienone is 8. The first-order chi connectivity index (χ1) is 31.0. The monoisotopic (exact) mass is 883 g/mol. The van der Waals surface area contributed by atoms with E-state index in [4.69, 9.17) is 14.2 Å². The van der Waals surface area contributed by atoms with E-state index in [0.717, 1.165) is 70.6 Å². The molecule has 0 bridgehead atoms. The molecule has 1 unspecified atom stereocenters. The molecule has 0 aliphatic carbocycles. The number of unbranched alkanes of at least 4 members (excludes halogenated alkanes) is 31. The second kappa shape index (κ2) is 52.0. The quantitative estimate of drug-likeness (QED) is 0.0199. The molecule has 63 heavy (non-hydrogen) atoms. The SMILES string of the molecule is CC/C=C\C/C=C\CCCCC(=O)OCC(COC(=O)CCCCCCCCCCCC/C=C\C=C/CCCCC)OC(=O)CCCCCCCCCCCCCCCCCCC. The number of rotatable bonds is 49. The van der Waals surface area contributed by atoms with Gasteiger partial charge in [-0.2, -0.15) is 0 Å². The van der Waals surface area contributed by atoms with Gasteiger partial charge in [0.2, 0.25) is 0 Å². The van der Waals surface area contributed by atoms with Crippen molar-refractivity contribution in [3.8, 4) is 0 Å². The maximum atomic E-state index is 12.8. The summed E-state index contributed by atoms with van der Waals surface area (Å²) in [6, 6.07) is 0. The first-order valence-corrected chi connectivity index (χ1v) is 27.2. The maximum absolute atomic E-state index is 12.8. The summed E-state index contributed by atoms with van der Waals surface area (Å²) in [5.41, 5.74) is 0. The molecular formula is C57H102O6. The van der Waals surface area contributed by atoms with E-state index in [0.29, 0.717) is 19.3 Å². The lowest BCUT2D eigenvalue weighted by atomic mass is 10.0. The third-order valence-corrected chi connectivity index (χ3v) is 11.8. The largest absolute Gasteiger partial charge is 0.462 e. The van der Waals surface area contributed by atoms with Gasteiger partial charge in [-0.25, -0.2) is 0 Å². The van der Waals surface area contributed by atoms with E-state index in [1.54, 1.807) is 0 Å². The molecule has 0 amide bonds. The number of esters is 3. The summed E-state index contributed by atoms with van der Waals surface area (Å²) < 4.78 is 16.8. The van der Waals surface area contributed by atoms with Crippen molar-refractivity contribution in [1.29, 1.82) is 0 Å². The highest BCUT2D eigenvalue weighted by Crippen LogP contribution is 2.16. The average molecular weight is 883 g/mol. The van der Waals surface area contributed by atoms with Crippen LogP contribution in [-0.2, 0) is 28.6 Å². The van der Waals surface area contributed by atoms with Crippen molar-refractivity contribution in [2.75, 3.05) is 13.2 Å². The number of hydrogen-bond acceptors (Lipinski definition) is 6. The second-order valence-corrected chi connectivity index (χ2v) is 18.1.